The van der Waals surface area contributed by atoms with Gasteiger partial charge in [0, 0.05) is 32.5 Å². The largest absolute Gasteiger partial charge is 0.378 e. The summed E-state index contributed by atoms with van der Waals surface area (Å²) in [5.41, 5.74) is 2.79. The summed E-state index contributed by atoms with van der Waals surface area (Å²) in [6.07, 6.45) is 1.52. The summed E-state index contributed by atoms with van der Waals surface area (Å²) in [7, 11) is 0.108. The van der Waals surface area contributed by atoms with E-state index in [9.17, 15) is 13.2 Å². The molecule has 0 aliphatic rings. The van der Waals surface area contributed by atoms with E-state index in [2.05, 4.69) is 10.3 Å². The van der Waals surface area contributed by atoms with Crippen LogP contribution in [0, 0.1) is 6.92 Å². The molecule has 156 valence electrons. The normalized spacial score (nSPS) is 12.2. The molecule has 3 rings (SSSR count). The maximum absolute atomic E-state index is 13.4. The van der Waals surface area contributed by atoms with Crippen molar-refractivity contribution in [2.24, 2.45) is 0 Å². The summed E-state index contributed by atoms with van der Waals surface area (Å²) in [6.45, 7) is 1.84. The minimum Gasteiger partial charge on any atom is -0.378 e. The molecule has 3 aromatic rings. The second-order valence-electron chi connectivity index (χ2n) is 7.26. The summed E-state index contributed by atoms with van der Waals surface area (Å²) in [5, 5.41) is 1.80. The number of rotatable bonds is 7. The summed E-state index contributed by atoms with van der Waals surface area (Å²) in [4.78, 5) is 18.6. The van der Waals surface area contributed by atoms with Crippen molar-refractivity contribution in [1.29, 1.82) is 0 Å². The average molecular weight is 424 g/mol. The van der Waals surface area contributed by atoms with E-state index in [0.29, 0.717) is 5.56 Å². The second kappa shape index (κ2) is 9.09. The third-order valence-corrected chi connectivity index (χ3v) is 6.97. The number of sulfone groups is 1. The van der Waals surface area contributed by atoms with Crippen molar-refractivity contribution in [1.82, 2.24) is 10.3 Å². The molecule has 1 aromatic heterocycles. The molecule has 30 heavy (non-hydrogen) atoms. The molecule has 0 unspecified atom stereocenters. The number of aromatic nitrogens is 1. The van der Waals surface area contributed by atoms with Crippen LogP contribution in [0.1, 0.15) is 26.9 Å². The molecular weight excluding hydrogens is 398 g/mol. The van der Waals surface area contributed by atoms with E-state index < -0.39 is 21.0 Å². The van der Waals surface area contributed by atoms with Crippen LogP contribution in [0.5, 0.6) is 0 Å². The van der Waals surface area contributed by atoms with Crippen LogP contribution in [0.3, 0.4) is 0 Å². The Balaban J connectivity index is 1.93. The van der Waals surface area contributed by atoms with E-state index in [-0.39, 0.29) is 17.1 Å². The van der Waals surface area contributed by atoms with Gasteiger partial charge in [-0.25, -0.2) is 8.42 Å². The number of amides is 1. The molecule has 1 amide bonds. The third kappa shape index (κ3) is 4.86. The zero-order valence-electron chi connectivity index (χ0n) is 17.2. The number of benzene rings is 2. The fraction of sp³-hybridized carbons (Fsp3) is 0.217. The number of carbonyl (C=O) groups excluding carboxylic acids is 1. The van der Waals surface area contributed by atoms with Gasteiger partial charge in [-0.1, -0.05) is 35.9 Å². The Bertz CT molecular complexity index is 1090. The first-order valence-corrected chi connectivity index (χ1v) is 11.1. The van der Waals surface area contributed by atoms with Crippen LogP contribution in [-0.2, 0) is 9.84 Å². The molecule has 0 spiro atoms. The Hall–Kier alpha value is -3.19. The van der Waals surface area contributed by atoms with Gasteiger partial charge in [0.15, 0.2) is 9.84 Å². The number of anilines is 1. The van der Waals surface area contributed by atoms with Crippen LogP contribution in [0.25, 0.3) is 0 Å². The van der Waals surface area contributed by atoms with E-state index in [1.165, 1.54) is 6.20 Å². The van der Waals surface area contributed by atoms with Crippen molar-refractivity contribution in [3.05, 3.63) is 89.7 Å². The van der Waals surface area contributed by atoms with E-state index in [0.717, 1.165) is 11.3 Å². The van der Waals surface area contributed by atoms with Crippen LogP contribution >= 0.6 is 0 Å². The fourth-order valence-corrected chi connectivity index (χ4v) is 4.72. The molecular formula is C23H25N3O3S. The molecule has 1 heterocycles. The van der Waals surface area contributed by atoms with Crippen molar-refractivity contribution in [2.75, 3.05) is 25.5 Å². The van der Waals surface area contributed by atoms with Gasteiger partial charge in [0.1, 0.15) is 10.9 Å². The molecule has 1 N–H and O–H groups in total. The predicted molar refractivity (Wildman–Crippen MR) is 118 cm³/mol. The maximum atomic E-state index is 13.4. The number of hydrogen-bond acceptors (Lipinski definition) is 5. The molecule has 0 aliphatic heterocycles. The smallest absolute Gasteiger partial charge is 0.269 e. The topological polar surface area (TPSA) is 79.4 Å². The van der Waals surface area contributed by atoms with Crippen molar-refractivity contribution in [3.8, 4) is 0 Å². The van der Waals surface area contributed by atoms with Crippen LogP contribution < -0.4 is 10.2 Å². The molecule has 0 saturated heterocycles. The highest BCUT2D eigenvalue weighted by Gasteiger charge is 2.30. The zero-order valence-corrected chi connectivity index (χ0v) is 18.1. The number of pyridine rings is 1. The Morgan fingerprint density at radius 1 is 1.00 bits per heavy atom. The molecule has 2 aromatic carbocycles. The van der Waals surface area contributed by atoms with Gasteiger partial charge in [0.25, 0.3) is 5.91 Å². The first-order valence-electron chi connectivity index (χ1n) is 9.56. The van der Waals surface area contributed by atoms with Crippen molar-refractivity contribution in [3.63, 3.8) is 0 Å². The van der Waals surface area contributed by atoms with Crippen LogP contribution in [0.2, 0.25) is 0 Å². The van der Waals surface area contributed by atoms with Crippen molar-refractivity contribution < 1.29 is 13.2 Å². The van der Waals surface area contributed by atoms with Crippen LogP contribution in [-0.4, -0.2) is 39.9 Å². The van der Waals surface area contributed by atoms with Gasteiger partial charge in [-0.3, -0.25) is 9.78 Å². The maximum Gasteiger partial charge on any atom is 0.269 e. The predicted octanol–water partition coefficient (Wildman–Crippen LogP) is 3.40. The fourth-order valence-electron chi connectivity index (χ4n) is 3.06. The second-order valence-corrected chi connectivity index (χ2v) is 9.39. The van der Waals surface area contributed by atoms with Gasteiger partial charge in [0.05, 0.1) is 4.90 Å². The zero-order chi connectivity index (χ0) is 21.7. The van der Waals surface area contributed by atoms with Gasteiger partial charge in [0.2, 0.25) is 0 Å². The molecule has 6 nitrogen and oxygen atoms in total. The molecule has 0 radical (unpaired) electrons. The summed E-state index contributed by atoms with van der Waals surface area (Å²) in [6, 6.07) is 19.1. The molecule has 1 atom stereocenters. The number of carbonyl (C=O) groups is 1. The van der Waals surface area contributed by atoms with Gasteiger partial charge in [-0.15, -0.1) is 0 Å². The standard InChI is InChI=1S/C23H25N3O3S/c1-17-7-13-20(14-8-17)30(28,29)22(18-9-11-19(12-10-18)26(2)3)16-25-23(27)21-6-4-5-15-24-21/h4-15,22H,16H2,1-3H3,(H,25,27)/t22-/m1/s1. The SMILES string of the molecule is Cc1ccc(S(=O)(=O)[C@H](CNC(=O)c2ccccn2)c2ccc(N(C)C)cc2)cc1. The first kappa shape index (κ1) is 21.5. The third-order valence-electron chi connectivity index (χ3n) is 4.85. The highest BCUT2D eigenvalue weighted by Crippen LogP contribution is 2.30. The van der Waals surface area contributed by atoms with Crippen molar-refractivity contribution >= 4 is 21.4 Å². The van der Waals surface area contributed by atoms with Crippen molar-refractivity contribution in [2.45, 2.75) is 17.1 Å². The monoisotopic (exact) mass is 423 g/mol. The van der Waals surface area contributed by atoms with Crippen LogP contribution in [0.4, 0.5) is 5.69 Å². The average Bonchev–Trinajstić information content (AvgIpc) is 2.75. The molecule has 7 heteroatoms. The van der Waals surface area contributed by atoms with E-state index >= 15 is 0 Å². The first-order chi connectivity index (χ1) is 14.3. The van der Waals surface area contributed by atoms with Gasteiger partial charge >= 0.3 is 0 Å². The van der Waals surface area contributed by atoms with Crippen LogP contribution in [0.15, 0.2) is 77.8 Å². The lowest BCUT2D eigenvalue weighted by Gasteiger charge is -2.20. The Kier molecular flexibility index (Phi) is 6.52. The summed E-state index contributed by atoms with van der Waals surface area (Å²) >= 11 is 0. The van der Waals surface area contributed by atoms with E-state index in [4.69, 9.17) is 0 Å². The lowest BCUT2D eigenvalue weighted by atomic mass is 10.1. The number of hydrogen-bond donors (Lipinski definition) is 1. The molecule has 0 saturated carbocycles. The Morgan fingerprint density at radius 3 is 2.23 bits per heavy atom. The minimum absolute atomic E-state index is 0.0626. The molecule has 0 fully saturated rings. The van der Waals surface area contributed by atoms with E-state index in [1.54, 1.807) is 54.6 Å². The highest BCUT2D eigenvalue weighted by atomic mass is 32.2. The minimum atomic E-state index is -3.73. The quantitative estimate of drug-likeness (QED) is 0.630. The number of nitrogens with zero attached hydrogens (tertiary/aromatic N) is 2. The number of nitrogens with one attached hydrogen (secondary N) is 1. The lowest BCUT2D eigenvalue weighted by molar-refractivity contribution is 0.0948. The highest BCUT2D eigenvalue weighted by molar-refractivity contribution is 7.91. The summed E-state index contributed by atoms with van der Waals surface area (Å²) in [5.74, 6) is -0.412. The Morgan fingerprint density at radius 2 is 1.67 bits per heavy atom. The Labute approximate surface area is 177 Å². The molecule has 0 aliphatic carbocycles. The molecule has 0 bridgehead atoms. The van der Waals surface area contributed by atoms with Gasteiger partial charge in [-0.05, 0) is 48.9 Å². The summed E-state index contributed by atoms with van der Waals surface area (Å²) < 4.78 is 26.9. The van der Waals surface area contributed by atoms with E-state index in [1.807, 2.05) is 38.1 Å². The lowest BCUT2D eigenvalue weighted by Crippen LogP contribution is -2.32. The van der Waals surface area contributed by atoms with Gasteiger partial charge in [-0.2, -0.15) is 0 Å². The van der Waals surface area contributed by atoms with Gasteiger partial charge < -0.3 is 10.2 Å². The number of aryl methyl sites for hydroxylation is 1.